The van der Waals surface area contributed by atoms with Gasteiger partial charge in [0.25, 0.3) is 0 Å². The Kier molecular flexibility index (Phi) is 5.43. The lowest BCUT2D eigenvalue weighted by Gasteiger charge is -2.31. The van der Waals surface area contributed by atoms with Gasteiger partial charge in [-0.3, -0.25) is 4.79 Å². The fourth-order valence-electron chi connectivity index (χ4n) is 1.99. The summed E-state index contributed by atoms with van der Waals surface area (Å²) in [6.45, 7) is 4.76. The predicted molar refractivity (Wildman–Crippen MR) is 63.1 cm³/mol. The van der Waals surface area contributed by atoms with Gasteiger partial charge in [0.2, 0.25) is 0 Å². The Bertz CT molecular complexity index is 270. The van der Waals surface area contributed by atoms with E-state index in [4.69, 9.17) is 9.47 Å². The van der Waals surface area contributed by atoms with Crippen molar-refractivity contribution in [3.63, 3.8) is 0 Å². The molecule has 0 saturated heterocycles. The van der Waals surface area contributed by atoms with Crippen molar-refractivity contribution in [1.82, 2.24) is 0 Å². The van der Waals surface area contributed by atoms with Crippen molar-refractivity contribution >= 4 is 5.78 Å². The largest absolute Gasteiger partial charge is 0.359 e. The molecule has 1 aliphatic carbocycles. The molecule has 0 aliphatic heterocycles. The van der Waals surface area contributed by atoms with E-state index in [1.165, 1.54) is 0 Å². The Hall–Kier alpha value is -0.930. The molecular formula is C13H20O3. The number of ketones is 1. The number of methoxy groups -OCH3 is 1. The zero-order valence-corrected chi connectivity index (χ0v) is 9.91. The van der Waals surface area contributed by atoms with E-state index < -0.39 is 0 Å². The van der Waals surface area contributed by atoms with Gasteiger partial charge in [-0.1, -0.05) is 12.2 Å². The van der Waals surface area contributed by atoms with Crippen LogP contribution >= 0.6 is 0 Å². The van der Waals surface area contributed by atoms with E-state index in [1.54, 1.807) is 13.2 Å². The lowest BCUT2D eigenvalue weighted by molar-refractivity contribution is -0.115. The van der Waals surface area contributed by atoms with Crippen LogP contribution in [-0.4, -0.2) is 26.3 Å². The average Bonchev–Trinajstić information content (AvgIpc) is 2.29. The fourth-order valence-corrected chi connectivity index (χ4v) is 1.99. The summed E-state index contributed by atoms with van der Waals surface area (Å²) in [6.07, 6.45) is 8.97. The third-order valence-electron chi connectivity index (χ3n) is 2.99. The van der Waals surface area contributed by atoms with Gasteiger partial charge in [-0.25, -0.2) is 0 Å². The summed E-state index contributed by atoms with van der Waals surface area (Å²) in [5.41, 5.74) is 0.0589. The number of carbonyl (C=O) groups is 1. The second kappa shape index (κ2) is 6.61. The molecule has 0 N–H and O–H groups in total. The van der Waals surface area contributed by atoms with Gasteiger partial charge in [0, 0.05) is 13.5 Å². The lowest BCUT2D eigenvalue weighted by Crippen LogP contribution is -2.24. The van der Waals surface area contributed by atoms with E-state index in [0.29, 0.717) is 19.8 Å². The Labute approximate surface area is 97.1 Å². The van der Waals surface area contributed by atoms with E-state index in [-0.39, 0.29) is 11.2 Å². The van der Waals surface area contributed by atoms with E-state index in [9.17, 15) is 4.79 Å². The highest BCUT2D eigenvalue weighted by Gasteiger charge is 2.29. The van der Waals surface area contributed by atoms with Gasteiger partial charge in [0.15, 0.2) is 5.78 Å². The summed E-state index contributed by atoms with van der Waals surface area (Å²) in [5.74, 6) is 0.220. The number of carbonyl (C=O) groups excluding carboxylic acids is 1. The molecule has 1 aliphatic rings. The summed E-state index contributed by atoms with van der Waals surface area (Å²) in [7, 11) is 1.61. The molecule has 1 rings (SSSR count). The zero-order valence-electron chi connectivity index (χ0n) is 9.91. The first-order chi connectivity index (χ1) is 7.72. The van der Waals surface area contributed by atoms with Crippen LogP contribution in [0.25, 0.3) is 0 Å². The van der Waals surface area contributed by atoms with Crippen LogP contribution in [0.3, 0.4) is 0 Å². The molecule has 0 bridgehead atoms. The highest BCUT2D eigenvalue weighted by Crippen LogP contribution is 2.37. The highest BCUT2D eigenvalue weighted by molar-refractivity contribution is 5.90. The molecule has 0 radical (unpaired) electrons. The van der Waals surface area contributed by atoms with Crippen molar-refractivity contribution in [2.24, 2.45) is 5.41 Å². The van der Waals surface area contributed by atoms with Crippen molar-refractivity contribution in [2.45, 2.75) is 25.7 Å². The van der Waals surface area contributed by atoms with Gasteiger partial charge in [-0.05, 0) is 30.8 Å². The zero-order chi connectivity index (χ0) is 11.9. The summed E-state index contributed by atoms with van der Waals surface area (Å²) in [6, 6.07) is 0. The fraction of sp³-hybridized carbons (Fsp3) is 0.615. The molecule has 3 nitrogen and oxygen atoms in total. The second-order valence-electron chi connectivity index (χ2n) is 4.22. The third-order valence-corrected chi connectivity index (χ3v) is 2.99. The minimum absolute atomic E-state index is 0.0589. The van der Waals surface area contributed by atoms with Gasteiger partial charge in [-0.2, -0.15) is 0 Å². The van der Waals surface area contributed by atoms with E-state index in [2.05, 4.69) is 6.58 Å². The smallest absolute Gasteiger partial charge is 0.155 e. The van der Waals surface area contributed by atoms with E-state index in [0.717, 1.165) is 19.3 Å². The van der Waals surface area contributed by atoms with Gasteiger partial charge in [-0.15, -0.1) is 6.58 Å². The number of hydrogen-bond acceptors (Lipinski definition) is 3. The monoisotopic (exact) mass is 224 g/mol. The average molecular weight is 224 g/mol. The molecule has 16 heavy (non-hydrogen) atoms. The van der Waals surface area contributed by atoms with Crippen LogP contribution < -0.4 is 0 Å². The first kappa shape index (κ1) is 13.1. The van der Waals surface area contributed by atoms with Crippen molar-refractivity contribution in [1.29, 1.82) is 0 Å². The Morgan fingerprint density at radius 3 is 3.00 bits per heavy atom. The normalized spacial score (nSPS) is 24.7. The standard InChI is InChI=1S/C13H20O3/c1-3-6-13(9-10-16-11-15-2)7-4-12(14)5-8-13/h3-4,7H,1,5-6,8-11H2,2H3. The maximum Gasteiger partial charge on any atom is 0.155 e. The van der Waals surface area contributed by atoms with Crippen molar-refractivity contribution < 1.29 is 14.3 Å². The summed E-state index contributed by atoms with van der Waals surface area (Å²) < 4.78 is 10.1. The Morgan fingerprint density at radius 1 is 1.62 bits per heavy atom. The van der Waals surface area contributed by atoms with Gasteiger partial charge in [0.1, 0.15) is 6.79 Å². The molecule has 1 unspecified atom stereocenters. The van der Waals surface area contributed by atoms with E-state index >= 15 is 0 Å². The van der Waals surface area contributed by atoms with Gasteiger partial charge >= 0.3 is 0 Å². The van der Waals surface area contributed by atoms with Gasteiger partial charge in [0.05, 0.1) is 6.61 Å². The minimum atomic E-state index is 0.0589. The van der Waals surface area contributed by atoms with Crippen LogP contribution in [0, 0.1) is 5.41 Å². The van der Waals surface area contributed by atoms with Crippen LogP contribution in [0.1, 0.15) is 25.7 Å². The van der Waals surface area contributed by atoms with Crippen molar-refractivity contribution in [3.8, 4) is 0 Å². The summed E-state index contributed by atoms with van der Waals surface area (Å²) in [4.78, 5) is 11.2. The molecule has 0 saturated carbocycles. The topological polar surface area (TPSA) is 35.5 Å². The quantitative estimate of drug-likeness (QED) is 0.378. The molecular weight excluding hydrogens is 204 g/mol. The van der Waals surface area contributed by atoms with Crippen LogP contribution in [0.15, 0.2) is 24.8 Å². The Balaban J connectivity index is 2.49. The third kappa shape index (κ3) is 3.91. The Morgan fingerprint density at radius 2 is 2.44 bits per heavy atom. The maximum absolute atomic E-state index is 11.2. The first-order valence-electron chi connectivity index (χ1n) is 5.62. The van der Waals surface area contributed by atoms with Crippen LogP contribution in [0.2, 0.25) is 0 Å². The molecule has 90 valence electrons. The predicted octanol–water partition coefficient (Wildman–Crippen LogP) is 2.48. The molecule has 3 heteroatoms. The molecule has 0 aromatic heterocycles. The molecule has 0 aromatic rings. The second-order valence-corrected chi connectivity index (χ2v) is 4.22. The molecule has 1 atom stereocenters. The van der Waals surface area contributed by atoms with Crippen molar-refractivity contribution in [3.05, 3.63) is 24.8 Å². The van der Waals surface area contributed by atoms with Crippen LogP contribution in [-0.2, 0) is 14.3 Å². The molecule has 0 fully saturated rings. The SMILES string of the molecule is C=CCC1(CCOCOC)C=CC(=O)CC1. The number of hydrogen-bond donors (Lipinski definition) is 0. The van der Waals surface area contributed by atoms with Crippen LogP contribution in [0.4, 0.5) is 0 Å². The van der Waals surface area contributed by atoms with Crippen molar-refractivity contribution in [2.75, 3.05) is 20.5 Å². The molecule has 0 spiro atoms. The lowest BCUT2D eigenvalue weighted by atomic mass is 9.74. The summed E-state index contributed by atoms with van der Waals surface area (Å²) in [5, 5.41) is 0. The number of ether oxygens (including phenoxy) is 2. The molecule has 0 aromatic carbocycles. The maximum atomic E-state index is 11.2. The minimum Gasteiger partial charge on any atom is -0.359 e. The summed E-state index contributed by atoms with van der Waals surface area (Å²) >= 11 is 0. The first-order valence-corrected chi connectivity index (χ1v) is 5.62. The number of allylic oxidation sites excluding steroid dienone is 3. The molecule has 0 amide bonds. The molecule has 0 heterocycles. The number of rotatable bonds is 7. The highest BCUT2D eigenvalue weighted by atomic mass is 16.7. The van der Waals surface area contributed by atoms with Crippen LogP contribution in [0.5, 0.6) is 0 Å². The van der Waals surface area contributed by atoms with E-state index in [1.807, 2.05) is 12.2 Å². The van der Waals surface area contributed by atoms with Gasteiger partial charge < -0.3 is 9.47 Å².